The van der Waals surface area contributed by atoms with Crippen molar-refractivity contribution in [2.75, 3.05) is 37.9 Å². The number of nitrogens with zero attached hydrogens (tertiary/aromatic N) is 1. The molecule has 6 nitrogen and oxygen atoms in total. The Balaban J connectivity index is 3.22. The Bertz CT molecular complexity index is 502. The number of hydrogen-bond acceptors (Lipinski definition) is 5. The van der Waals surface area contributed by atoms with Crippen LogP contribution in [0.4, 0.5) is 5.69 Å². The average Bonchev–Trinajstić information content (AvgIpc) is 2.33. The Hall–Kier alpha value is -1.47. The van der Waals surface area contributed by atoms with Crippen LogP contribution in [0.3, 0.4) is 0 Å². The van der Waals surface area contributed by atoms with E-state index < -0.39 is 10.0 Å². The van der Waals surface area contributed by atoms with Gasteiger partial charge in [0.25, 0.3) is 0 Å². The maximum absolute atomic E-state index is 11.7. The van der Waals surface area contributed by atoms with Gasteiger partial charge < -0.3 is 15.2 Å². The predicted molar refractivity (Wildman–Crippen MR) is 70.8 cm³/mol. The smallest absolute Gasteiger partial charge is 0.232 e. The Morgan fingerprint density at radius 3 is 2.28 bits per heavy atom. The van der Waals surface area contributed by atoms with E-state index in [0.29, 0.717) is 17.2 Å². The van der Waals surface area contributed by atoms with Gasteiger partial charge in [-0.25, -0.2) is 8.42 Å². The fourth-order valence-electron chi connectivity index (χ4n) is 1.58. The van der Waals surface area contributed by atoms with Gasteiger partial charge in [-0.3, -0.25) is 4.31 Å². The van der Waals surface area contributed by atoms with Gasteiger partial charge in [-0.15, -0.1) is 0 Å². The fourth-order valence-corrected chi connectivity index (χ4v) is 2.52. The minimum absolute atomic E-state index is 0.217. The number of nitrogens with two attached hydrogens (primary N) is 1. The van der Waals surface area contributed by atoms with Crippen molar-refractivity contribution in [1.82, 2.24) is 0 Å². The largest absolute Gasteiger partial charge is 0.493 e. The van der Waals surface area contributed by atoms with E-state index in [9.17, 15) is 8.42 Å². The van der Waals surface area contributed by atoms with Gasteiger partial charge in [0.05, 0.1) is 26.2 Å². The van der Waals surface area contributed by atoms with E-state index in [-0.39, 0.29) is 13.1 Å². The molecule has 0 amide bonds. The molecule has 0 atom stereocenters. The highest BCUT2D eigenvalue weighted by Crippen LogP contribution is 2.32. The SMILES string of the molecule is COc1ccc(N(CCN)S(C)(=O)=O)cc1OC. The summed E-state index contributed by atoms with van der Waals surface area (Å²) in [6.07, 6.45) is 1.14. The molecule has 0 radical (unpaired) electrons. The van der Waals surface area contributed by atoms with Crippen LogP contribution in [-0.4, -0.2) is 42.0 Å². The lowest BCUT2D eigenvalue weighted by Crippen LogP contribution is -2.34. The molecule has 0 aromatic heterocycles. The first-order valence-electron chi connectivity index (χ1n) is 5.34. The number of rotatable bonds is 6. The summed E-state index contributed by atoms with van der Waals surface area (Å²) in [5, 5.41) is 0. The van der Waals surface area contributed by atoms with Crippen molar-refractivity contribution in [2.24, 2.45) is 5.73 Å². The molecular formula is C11H18N2O4S. The molecule has 0 saturated carbocycles. The Kier molecular flexibility index (Phi) is 4.80. The molecule has 18 heavy (non-hydrogen) atoms. The van der Waals surface area contributed by atoms with Crippen LogP contribution in [0, 0.1) is 0 Å². The quantitative estimate of drug-likeness (QED) is 0.813. The lowest BCUT2D eigenvalue weighted by molar-refractivity contribution is 0.355. The summed E-state index contributed by atoms with van der Waals surface area (Å²) in [6, 6.07) is 4.91. The molecule has 0 spiro atoms. The van der Waals surface area contributed by atoms with Gasteiger partial charge in [-0.05, 0) is 12.1 Å². The van der Waals surface area contributed by atoms with Gasteiger partial charge >= 0.3 is 0 Å². The van der Waals surface area contributed by atoms with Gasteiger partial charge in [0, 0.05) is 19.2 Å². The lowest BCUT2D eigenvalue weighted by atomic mass is 10.2. The third kappa shape index (κ3) is 3.27. The van der Waals surface area contributed by atoms with E-state index >= 15 is 0 Å². The zero-order valence-electron chi connectivity index (χ0n) is 10.7. The molecule has 0 saturated heterocycles. The van der Waals surface area contributed by atoms with Crippen LogP contribution < -0.4 is 19.5 Å². The highest BCUT2D eigenvalue weighted by Gasteiger charge is 2.18. The van der Waals surface area contributed by atoms with E-state index in [2.05, 4.69) is 0 Å². The van der Waals surface area contributed by atoms with Gasteiger partial charge in [0.1, 0.15) is 0 Å². The second kappa shape index (κ2) is 5.92. The molecule has 1 rings (SSSR count). The zero-order valence-corrected chi connectivity index (χ0v) is 11.5. The van der Waals surface area contributed by atoms with E-state index in [1.807, 2.05) is 0 Å². The molecule has 0 aliphatic rings. The molecule has 1 aromatic rings. The minimum atomic E-state index is -3.37. The minimum Gasteiger partial charge on any atom is -0.493 e. The second-order valence-corrected chi connectivity index (χ2v) is 5.57. The molecule has 0 heterocycles. The van der Waals surface area contributed by atoms with Crippen molar-refractivity contribution >= 4 is 15.7 Å². The molecule has 0 fully saturated rings. The summed E-state index contributed by atoms with van der Waals surface area (Å²) >= 11 is 0. The number of methoxy groups -OCH3 is 2. The van der Waals surface area contributed by atoms with Crippen LogP contribution in [-0.2, 0) is 10.0 Å². The van der Waals surface area contributed by atoms with Crippen LogP contribution in [0.2, 0.25) is 0 Å². The highest BCUT2D eigenvalue weighted by molar-refractivity contribution is 7.92. The molecule has 102 valence electrons. The van der Waals surface area contributed by atoms with Crippen molar-refractivity contribution in [3.8, 4) is 11.5 Å². The molecule has 1 aromatic carbocycles. The molecule has 0 aliphatic carbocycles. The fraction of sp³-hybridized carbons (Fsp3) is 0.455. The third-order valence-electron chi connectivity index (χ3n) is 2.39. The maximum atomic E-state index is 11.7. The van der Waals surface area contributed by atoms with Crippen molar-refractivity contribution < 1.29 is 17.9 Å². The Morgan fingerprint density at radius 2 is 1.83 bits per heavy atom. The lowest BCUT2D eigenvalue weighted by Gasteiger charge is -2.22. The number of sulfonamides is 1. The zero-order chi connectivity index (χ0) is 13.8. The topological polar surface area (TPSA) is 81.9 Å². The van der Waals surface area contributed by atoms with Crippen LogP contribution in [0.15, 0.2) is 18.2 Å². The number of anilines is 1. The van der Waals surface area contributed by atoms with E-state index in [0.717, 1.165) is 6.26 Å². The summed E-state index contributed by atoms with van der Waals surface area (Å²) in [5.74, 6) is 1.02. The second-order valence-electron chi connectivity index (χ2n) is 3.66. The van der Waals surface area contributed by atoms with Gasteiger partial charge in [-0.2, -0.15) is 0 Å². The standard InChI is InChI=1S/C11H18N2O4S/c1-16-10-5-4-9(8-11(10)17-2)13(7-6-12)18(3,14)15/h4-5,8H,6-7,12H2,1-3H3. The third-order valence-corrected chi connectivity index (χ3v) is 3.58. The van der Waals surface area contributed by atoms with Crippen LogP contribution in [0.1, 0.15) is 0 Å². The van der Waals surface area contributed by atoms with E-state index in [1.54, 1.807) is 18.2 Å². The van der Waals surface area contributed by atoms with Gasteiger partial charge in [0.15, 0.2) is 11.5 Å². The van der Waals surface area contributed by atoms with E-state index in [4.69, 9.17) is 15.2 Å². The monoisotopic (exact) mass is 274 g/mol. The molecule has 7 heteroatoms. The van der Waals surface area contributed by atoms with Crippen LogP contribution in [0.25, 0.3) is 0 Å². The Morgan fingerprint density at radius 1 is 1.22 bits per heavy atom. The number of ether oxygens (including phenoxy) is 2. The van der Waals surface area contributed by atoms with Crippen molar-refractivity contribution in [2.45, 2.75) is 0 Å². The first-order valence-corrected chi connectivity index (χ1v) is 7.18. The summed E-state index contributed by atoms with van der Waals surface area (Å²) < 4.78 is 34.8. The molecular weight excluding hydrogens is 256 g/mol. The summed E-state index contributed by atoms with van der Waals surface area (Å²) in [6.45, 7) is 0.454. The predicted octanol–water partition coefficient (Wildman–Crippen LogP) is 0.428. The van der Waals surface area contributed by atoms with Crippen LogP contribution >= 0.6 is 0 Å². The number of hydrogen-bond donors (Lipinski definition) is 1. The van der Waals surface area contributed by atoms with Crippen LogP contribution in [0.5, 0.6) is 11.5 Å². The van der Waals surface area contributed by atoms with Gasteiger partial charge in [0.2, 0.25) is 10.0 Å². The molecule has 0 aliphatic heterocycles. The van der Waals surface area contributed by atoms with Crippen molar-refractivity contribution in [3.63, 3.8) is 0 Å². The first-order chi connectivity index (χ1) is 8.43. The summed E-state index contributed by atoms with van der Waals surface area (Å²) in [7, 11) is -0.353. The molecule has 2 N–H and O–H groups in total. The summed E-state index contributed by atoms with van der Waals surface area (Å²) in [5.41, 5.74) is 5.93. The summed E-state index contributed by atoms with van der Waals surface area (Å²) in [4.78, 5) is 0. The average molecular weight is 274 g/mol. The van der Waals surface area contributed by atoms with E-state index in [1.165, 1.54) is 18.5 Å². The molecule has 0 bridgehead atoms. The van der Waals surface area contributed by atoms with Crippen molar-refractivity contribution in [1.29, 1.82) is 0 Å². The highest BCUT2D eigenvalue weighted by atomic mass is 32.2. The number of benzene rings is 1. The van der Waals surface area contributed by atoms with Gasteiger partial charge in [-0.1, -0.05) is 0 Å². The normalized spacial score (nSPS) is 11.1. The van der Waals surface area contributed by atoms with Crippen molar-refractivity contribution in [3.05, 3.63) is 18.2 Å². The Labute approximate surface area is 107 Å². The first kappa shape index (κ1) is 14.6. The molecule has 0 unspecified atom stereocenters. The maximum Gasteiger partial charge on any atom is 0.232 e.